The third-order valence-electron chi connectivity index (χ3n) is 3.17. The van der Waals surface area contributed by atoms with Gasteiger partial charge in [0.15, 0.2) is 0 Å². The normalized spacial score (nSPS) is 12.2. The number of nitrogens with one attached hydrogen (secondary N) is 1. The van der Waals surface area contributed by atoms with Crippen LogP contribution in [-0.4, -0.2) is 32.5 Å². The molecule has 0 amide bonds. The lowest BCUT2D eigenvalue weighted by atomic mass is 10.1. The van der Waals surface area contributed by atoms with E-state index in [0.29, 0.717) is 5.92 Å². The van der Waals surface area contributed by atoms with Gasteiger partial charge in [0.05, 0.1) is 14.2 Å². The van der Waals surface area contributed by atoms with Crippen LogP contribution in [0.3, 0.4) is 0 Å². The van der Waals surface area contributed by atoms with Crippen LogP contribution in [-0.2, 0) is 6.54 Å². The van der Waals surface area contributed by atoms with Crippen LogP contribution >= 0.6 is 0 Å². The molecule has 1 rings (SSSR count). The molecule has 1 atom stereocenters. The molecule has 0 aliphatic heterocycles. The predicted molar refractivity (Wildman–Crippen MR) is 76.7 cm³/mol. The van der Waals surface area contributed by atoms with Crippen LogP contribution in [0.1, 0.15) is 25.3 Å². The molecule has 0 saturated carbocycles. The highest BCUT2D eigenvalue weighted by Crippen LogP contribution is 2.24. The Morgan fingerprint density at radius 1 is 1.26 bits per heavy atom. The monoisotopic (exact) mass is 267 g/mol. The summed E-state index contributed by atoms with van der Waals surface area (Å²) in [5, 5.41) is 12.3. The molecule has 19 heavy (non-hydrogen) atoms. The molecular weight excluding hydrogens is 242 g/mol. The molecule has 2 N–H and O–H groups in total. The summed E-state index contributed by atoms with van der Waals surface area (Å²) < 4.78 is 10.5. The van der Waals surface area contributed by atoms with E-state index in [-0.39, 0.29) is 6.61 Å². The molecule has 0 heterocycles. The summed E-state index contributed by atoms with van der Waals surface area (Å²) in [4.78, 5) is 0. The third-order valence-corrected chi connectivity index (χ3v) is 3.17. The van der Waals surface area contributed by atoms with Crippen molar-refractivity contribution in [1.29, 1.82) is 0 Å². The van der Waals surface area contributed by atoms with Gasteiger partial charge in [0.1, 0.15) is 11.5 Å². The minimum Gasteiger partial charge on any atom is -0.497 e. The minimum absolute atomic E-state index is 0.270. The second-order valence-electron chi connectivity index (χ2n) is 4.78. The SMILES string of the molecule is COc1ccc(CNCCCC(C)CO)c(OC)c1. The minimum atomic E-state index is 0.270. The van der Waals surface area contributed by atoms with Crippen molar-refractivity contribution in [3.63, 3.8) is 0 Å². The van der Waals surface area contributed by atoms with Gasteiger partial charge in [-0.1, -0.05) is 13.0 Å². The Labute approximate surface area is 115 Å². The molecule has 4 heteroatoms. The zero-order chi connectivity index (χ0) is 14.1. The van der Waals surface area contributed by atoms with Crippen LogP contribution in [0.4, 0.5) is 0 Å². The molecule has 0 saturated heterocycles. The zero-order valence-corrected chi connectivity index (χ0v) is 12.1. The van der Waals surface area contributed by atoms with E-state index in [4.69, 9.17) is 14.6 Å². The summed E-state index contributed by atoms with van der Waals surface area (Å²) in [7, 11) is 3.32. The number of rotatable bonds is 9. The van der Waals surface area contributed by atoms with Crippen molar-refractivity contribution in [2.24, 2.45) is 5.92 Å². The first kappa shape index (κ1) is 15.8. The smallest absolute Gasteiger partial charge is 0.127 e. The third kappa shape index (κ3) is 5.49. The summed E-state index contributed by atoms with van der Waals surface area (Å²) in [6.45, 7) is 4.05. The van der Waals surface area contributed by atoms with Gasteiger partial charge in [-0.15, -0.1) is 0 Å². The van der Waals surface area contributed by atoms with Crippen molar-refractivity contribution in [2.45, 2.75) is 26.3 Å². The number of benzene rings is 1. The van der Waals surface area contributed by atoms with Crippen molar-refractivity contribution >= 4 is 0 Å². The molecule has 0 radical (unpaired) electrons. The molecule has 0 aliphatic rings. The van der Waals surface area contributed by atoms with Gasteiger partial charge >= 0.3 is 0 Å². The molecule has 0 spiro atoms. The highest BCUT2D eigenvalue weighted by molar-refractivity contribution is 5.40. The summed E-state index contributed by atoms with van der Waals surface area (Å²) in [6.07, 6.45) is 2.11. The lowest BCUT2D eigenvalue weighted by molar-refractivity contribution is 0.228. The molecule has 108 valence electrons. The molecule has 1 unspecified atom stereocenters. The first-order chi connectivity index (χ1) is 9.21. The van der Waals surface area contributed by atoms with E-state index in [1.807, 2.05) is 18.2 Å². The van der Waals surface area contributed by atoms with Crippen molar-refractivity contribution in [3.8, 4) is 11.5 Å². The Bertz CT molecular complexity index is 368. The van der Waals surface area contributed by atoms with Gasteiger partial charge in [-0.05, 0) is 31.4 Å². The molecule has 0 aliphatic carbocycles. The van der Waals surface area contributed by atoms with Gasteiger partial charge in [-0.2, -0.15) is 0 Å². The fourth-order valence-corrected chi connectivity index (χ4v) is 1.89. The number of aliphatic hydroxyl groups excluding tert-OH is 1. The van der Waals surface area contributed by atoms with Gasteiger partial charge in [0.25, 0.3) is 0 Å². The molecule has 0 bridgehead atoms. The van der Waals surface area contributed by atoms with Gasteiger partial charge in [0.2, 0.25) is 0 Å². The predicted octanol–water partition coefficient (Wildman–Crippen LogP) is 2.20. The largest absolute Gasteiger partial charge is 0.497 e. The van der Waals surface area contributed by atoms with E-state index in [1.165, 1.54) is 0 Å². The van der Waals surface area contributed by atoms with Gasteiger partial charge in [0, 0.05) is 24.8 Å². The van der Waals surface area contributed by atoms with Crippen LogP contribution in [0.15, 0.2) is 18.2 Å². The Balaban J connectivity index is 2.36. The first-order valence-corrected chi connectivity index (χ1v) is 6.73. The highest BCUT2D eigenvalue weighted by atomic mass is 16.5. The molecular formula is C15H25NO3. The average molecular weight is 267 g/mol. The summed E-state index contributed by atoms with van der Waals surface area (Å²) >= 11 is 0. The maximum Gasteiger partial charge on any atom is 0.127 e. The van der Waals surface area contributed by atoms with Gasteiger partial charge < -0.3 is 19.9 Å². The topological polar surface area (TPSA) is 50.7 Å². The first-order valence-electron chi connectivity index (χ1n) is 6.73. The number of ether oxygens (including phenoxy) is 2. The second kappa shape index (κ2) is 8.77. The molecule has 4 nitrogen and oxygen atoms in total. The lowest BCUT2D eigenvalue weighted by Crippen LogP contribution is -2.16. The quantitative estimate of drug-likeness (QED) is 0.674. The van der Waals surface area contributed by atoms with E-state index in [1.54, 1.807) is 14.2 Å². The van der Waals surface area contributed by atoms with Crippen LogP contribution < -0.4 is 14.8 Å². The molecule has 1 aromatic rings. The fraction of sp³-hybridized carbons (Fsp3) is 0.600. The summed E-state index contributed by atoms with van der Waals surface area (Å²) in [6, 6.07) is 5.85. The maximum absolute atomic E-state index is 8.94. The van der Waals surface area contributed by atoms with E-state index in [0.717, 1.165) is 43.0 Å². The molecule has 0 fully saturated rings. The summed E-state index contributed by atoms with van der Waals surface area (Å²) in [5.74, 6) is 2.03. The Morgan fingerprint density at radius 2 is 2.05 bits per heavy atom. The van der Waals surface area contributed by atoms with Crippen LogP contribution in [0.25, 0.3) is 0 Å². The summed E-state index contributed by atoms with van der Waals surface area (Å²) in [5.41, 5.74) is 1.12. The van der Waals surface area contributed by atoms with Crippen LogP contribution in [0, 0.1) is 5.92 Å². The fourth-order valence-electron chi connectivity index (χ4n) is 1.89. The van der Waals surface area contributed by atoms with Crippen LogP contribution in [0.5, 0.6) is 11.5 Å². The number of methoxy groups -OCH3 is 2. The van der Waals surface area contributed by atoms with Gasteiger partial charge in [-0.25, -0.2) is 0 Å². The van der Waals surface area contributed by atoms with Crippen molar-refractivity contribution in [3.05, 3.63) is 23.8 Å². The van der Waals surface area contributed by atoms with Gasteiger partial charge in [-0.3, -0.25) is 0 Å². The van der Waals surface area contributed by atoms with E-state index < -0.39 is 0 Å². The molecule has 1 aromatic carbocycles. The highest BCUT2D eigenvalue weighted by Gasteiger charge is 2.05. The zero-order valence-electron chi connectivity index (χ0n) is 12.1. The standard InChI is InChI=1S/C15H25NO3/c1-12(11-17)5-4-8-16-10-13-6-7-14(18-2)9-15(13)19-3/h6-7,9,12,16-17H,4-5,8,10-11H2,1-3H3. The second-order valence-corrected chi connectivity index (χ2v) is 4.78. The maximum atomic E-state index is 8.94. The number of hydrogen-bond acceptors (Lipinski definition) is 4. The van der Waals surface area contributed by atoms with E-state index in [2.05, 4.69) is 12.2 Å². The number of aliphatic hydroxyl groups is 1. The van der Waals surface area contributed by atoms with Crippen molar-refractivity contribution in [1.82, 2.24) is 5.32 Å². The number of hydrogen-bond donors (Lipinski definition) is 2. The van der Waals surface area contributed by atoms with Crippen molar-refractivity contribution < 1.29 is 14.6 Å². The lowest BCUT2D eigenvalue weighted by Gasteiger charge is -2.12. The van der Waals surface area contributed by atoms with E-state index >= 15 is 0 Å². The Hall–Kier alpha value is -1.26. The van der Waals surface area contributed by atoms with Crippen molar-refractivity contribution in [2.75, 3.05) is 27.4 Å². The Morgan fingerprint density at radius 3 is 2.68 bits per heavy atom. The van der Waals surface area contributed by atoms with E-state index in [9.17, 15) is 0 Å². The molecule has 0 aromatic heterocycles. The average Bonchev–Trinajstić information content (AvgIpc) is 2.46. The Kier molecular flexibility index (Phi) is 7.30. The van der Waals surface area contributed by atoms with Crippen LogP contribution in [0.2, 0.25) is 0 Å².